The van der Waals surface area contributed by atoms with E-state index in [1.807, 2.05) is 0 Å². The van der Waals surface area contributed by atoms with Gasteiger partial charge in [0.15, 0.2) is 0 Å². The summed E-state index contributed by atoms with van der Waals surface area (Å²) in [6, 6.07) is 4.34. The van der Waals surface area contributed by atoms with Crippen molar-refractivity contribution in [3.05, 3.63) is 28.8 Å². The van der Waals surface area contributed by atoms with Gasteiger partial charge < -0.3 is 9.31 Å². The Morgan fingerprint density at radius 2 is 1.22 bits per heavy atom. The van der Waals surface area contributed by atoms with Gasteiger partial charge in [-0.2, -0.15) is 0 Å². The van der Waals surface area contributed by atoms with Gasteiger partial charge >= 0.3 is 7.12 Å². The van der Waals surface area contributed by atoms with Crippen molar-refractivity contribution in [1.82, 2.24) is 0 Å². The van der Waals surface area contributed by atoms with Gasteiger partial charge in [0.1, 0.15) is 0 Å². The van der Waals surface area contributed by atoms with Crippen molar-refractivity contribution in [2.24, 2.45) is 0 Å². The highest BCUT2D eigenvalue weighted by molar-refractivity contribution is 6.62. The molecular weight excluding hydrogens is 223 g/mol. The first-order valence-corrected chi connectivity index (χ1v) is 6.57. The first-order valence-electron chi connectivity index (χ1n) is 6.57. The van der Waals surface area contributed by atoms with Gasteiger partial charge in [0, 0.05) is 0 Å². The predicted molar refractivity (Wildman–Crippen MR) is 76.4 cm³/mol. The van der Waals surface area contributed by atoms with Crippen LogP contribution in [0, 0.1) is 20.8 Å². The van der Waals surface area contributed by atoms with Gasteiger partial charge in [-0.25, -0.2) is 0 Å². The van der Waals surface area contributed by atoms with Gasteiger partial charge in [0.25, 0.3) is 0 Å². The van der Waals surface area contributed by atoms with Gasteiger partial charge in [0.05, 0.1) is 11.2 Å². The standard InChI is InChI=1S/C15H23BO2/c1-10-8-13(9-11(2)12(10)3)16-17-14(4,5)15(6,7)18-16/h8-9H,1-7H3. The predicted octanol–water partition coefficient (Wildman–Crippen LogP) is 2.91. The molecule has 0 aromatic heterocycles. The molecule has 2 rings (SSSR count). The average molecular weight is 246 g/mol. The van der Waals surface area contributed by atoms with Crippen LogP contribution in [0.2, 0.25) is 0 Å². The molecule has 0 atom stereocenters. The van der Waals surface area contributed by atoms with Crippen LogP contribution in [0.5, 0.6) is 0 Å². The molecule has 1 saturated heterocycles. The van der Waals surface area contributed by atoms with Crippen LogP contribution in [0.15, 0.2) is 12.1 Å². The minimum Gasteiger partial charge on any atom is -0.399 e. The lowest BCUT2D eigenvalue weighted by molar-refractivity contribution is 0.00578. The Balaban J connectivity index is 2.36. The zero-order valence-electron chi connectivity index (χ0n) is 12.5. The van der Waals surface area contributed by atoms with Gasteiger partial charge in [-0.15, -0.1) is 0 Å². The maximum atomic E-state index is 6.08. The highest BCUT2D eigenvalue weighted by atomic mass is 16.7. The van der Waals surface area contributed by atoms with Crippen molar-refractivity contribution in [3.63, 3.8) is 0 Å². The molecule has 1 aliphatic rings. The molecule has 1 aromatic rings. The molecule has 0 N–H and O–H groups in total. The summed E-state index contributed by atoms with van der Waals surface area (Å²) in [4.78, 5) is 0. The molecule has 0 amide bonds. The van der Waals surface area contributed by atoms with Crippen LogP contribution in [0.1, 0.15) is 44.4 Å². The highest BCUT2D eigenvalue weighted by Gasteiger charge is 2.51. The fraction of sp³-hybridized carbons (Fsp3) is 0.600. The molecule has 0 saturated carbocycles. The van der Waals surface area contributed by atoms with E-state index in [2.05, 4.69) is 60.6 Å². The molecular formula is C15H23BO2. The highest BCUT2D eigenvalue weighted by Crippen LogP contribution is 2.36. The normalized spacial score (nSPS) is 21.4. The maximum absolute atomic E-state index is 6.08. The third kappa shape index (κ3) is 2.10. The third-order valence-electron chi connectivity index (χ3n) is 4.47. The monoisotopic (exact) mass is 246 g/mol. The van der Waals surface area contributed by atoms with Crippen LogP contribution in [-0.2, 0) is 9.31 Å². The van der Waals surface area contributed by atoms with Gasteiger partial charge in [-0.1, -0.05) is 12.1 Å². The minimum atomic E-state index is -0.273. The van der Waals surface area contributed by atoms with Crippen LogP contribution >= 0.6 is 0 Å². The van der Waals surface area contributed by atoms with Crippen molar-refractivity contribution < 1.29 is 9.31 Å². The smallest absolute Gasteiger partial charge is 0.399 e. The van der Waals surface area contributed by atoms with Crippen molar-refractivity contribution in [2.75, 3.05) is 0 Å². The summed E-state index contributed by atoms with van der Waals surface area (Å²) >= 11 is 0. The second-order valence-corrected chi connectivity index (χ2v) is 6.37. The molecule has 0 aliphatic carbocycles. The van der Waals surface area contributed by atoms with E-state index in [4.69, 9.17) is 9.31 Å². The summed E-state index contributed by atoms with van der Waals surface area (Å²) in [6.07, 6.45) is 0. The summed E-state index contributed by atoms with van der Waals surface area (Å²) < 4.78 is 12.2. The Morgan fingerprint density at radius 3 is 1.61 bits per heavy atom. The number of hydrogen-bond donors (Lipinski definition) is 0. The minimum absolute atomic E-state index is 0.256. The number of rotatable bonds is 1. The first-order chi connectivity index (χ1) is 8.14. The van der Waals surface area contributed by atoms with Crippen LogP contribution < -0.4 is 5.46 Å². The van der Waals surface area contributed by atoms with E-state index in [9.17, 15) is 0 Å². The van der Waals surface area contributed by atoms with E-state index < -0.39 is 0 Å². The van der Waals surface area contributed by atoms with E-state index in [0.29, 0.717) is 0 Å². The Kier molecular flexibility index (Phi) is 3.11. The molecule has 0 spiro atoms. The summed E-state index contributed by atoms with van der Waals surface area (Å²) in [5.41, 5.74) is 4.50. The lowest BCUT2D eigenvalue weighted by Crippen LogP contribution is -2.41. The molecule has 1 aromatic carbocycles. The fourth-order valence-electron chi connectivity index (χ4n) is 2.18. The number of aryl methyl sites for hydroxylation is 2. The van der Waals surface area contributed by atoms with Crippen LogP contribution in [0.25, 0.3) is 0 Å². The Bertz CT molecular complexity index is 438. The summed E-state index contributed by atoms with van der Waals surface area (Å²) in [5.74, 6) is 0. The molecule has 0 unspecified atom stereocenters. The lowest BCUT2D eigenvalue weighted by Gasteiger charge is -2.32. The van der Waals surface area contributed by atoms with E-state index in [1.54, 1.807) is 0 Å². The average Bonchev–Trinajstić information content (AvgIpc) is 2.44. The van der Waals surface area contributed by atoms with Crippen molar-refractivity contribution in [1.29, 1.82) is 0 Å². The zero-order chi connectivity index (χ0) is 13.7. The molecule has 2 nitrogen and oxygen atoms in total. The van der Waals surface area contributed by atoms with Crippen LogP contribution in [-0.4, -0.2) is 18.3 Å². The fourth-order valence-corrected chi connectivity index (χ4v) is 2.18. The number of benzene rings is 1. The summed E-state index contributed by atoms with van der Waals surface area (Å²) in [7, 11) is -0.256. The summed E-state index contributed by atoms with van der Waals surface area (Å²) in [5, 5.41) is 0. The Hall–Kier alpha value is -0.795. The molecule has 1 heterocycles. The summed E-state index contributed by atoms with van der Waals surface area (Å²) in [6.45, 7) is 14.8. The molecule has 18 heavy (non-hydrogen) atoms. The second-order valence-electron chi connectivity index (χ2n) is 6.37. The van der Waals surface area contributed by atoms with Crippen LogP contribution in [0.4, 0.5) is 0 Å². The maximum Gasteiger partial charge on any atom is 0.494 e. The van der Waals surface area contributed by atoms with Crippen LogP contribution in [0.3, 0.4) is 0 Å². The van der Waals surface area contributed by atoms with E-state index in [1.165, 1.54) is 16.7 Å². The van der Waals surface area contributed by atoms with E-state index in [0.717, 1.165) is 5.46 Å². The largest absolute Gasteiger partial charge is 0.494 e. The first kappa shape index (κ1) is 13.6. The molecule has 0 bridgehead atoms. The molecule has 98 valence electrons. The molecule has 1 fully saturated rings. The van der Waals surface area contributed by atoms with Crippen molar-refractivity contribution in [2.45, 2.75) is 59.7 Å². The molecule has 3 heteroatoms. The third-order valence-corrected chi connectivity index (χ3v) is 4.47. The van der Waals surface area contributed by atoms with Crippen molar-refractivity contribution >= 4 is 12.6 Å². The zero-order valence-corrected chi connectivity index (χ0v) is 12.5. The topological polar surface area (TPSA) is 18.5 Å². The SMILES string of the molecule is Cc1cc(B2OC(C)(C)C(C)(C)O2)cc(C)c1C. The van der Waals surface area contributed by atoms with Crippen molar-refractivity contribution in [3.8, 4) is 0 Å². The quantitative estimate of drug-likeness (QED) is 0.709. The van der Waals surface area contributed by atoms with Gasteiger partial charge in [-0.05, 0) is 70.6 Å². The number of hydrogen-bond acceptors (Lipinski definition) is 2. The Morgan fingerprint density at radius 1 is 0.833 bits per heavy atom. The van der Waals surface area contributed by atoms with E-state index >= 15 is 0 Å². The van der Waals surface area contributed by atoms with E-state index in [-0.39, 0.29) is 18.3 Å². The lowest BCUT2D eigenvalue weighted by atomic mass is 9.77. The second kappa shape index (κ2) is 4.11. The van der Waals surface area contributed by atoms with Gasteiger partial charge in [0.2, 0.25) is 0 Å². The molecule has 1 aliphatic heterocycles. The Labute approximate surface area is 111 Å². The molecule has 0 radical (unpaired) electrons. The van der Waals surface area contributed by atoms with Gasteiger partial charge in [-0.3, -0.25) is 0 Å².